The standard InChI is InChI=1S/C18H28FIN4OSi/c1-13-5-6-23(10-14(13)19)16-9-21-17-15(20)11-24(18(17)22-16)12-25-7-8-26(2,3)4/h9,11,13-14H,5-8,10,12H2,1-4H3/t13-,14+/m0/s1. The van der Waals surface area contributed by atoms with Crippen LogP contribution in [0.2, 0.25) is 25.7 Å². The van der Waals surface area contributed by atoms with Gasteiger partial charge >= 0.3 is 0 Å². The lowest BCUT2D eigenvalue weighted by molar-refractivity contribution is 0.0898. The van der Waals surface area contributed by atoms with Gasteiger partial charge in [0.2, 0.25) is 0 Å². The molecule has 1 saturated heterocycles. The first-order valence-electron chi connectivity index (χ1n) is 9.23. The lowest BCUT2D eigenvalue weighted by Gasteiger charge is -2.33. The lowest BCUT2D eigenvalue weighted by Crippen LogP contribution is -2.41. The van der Waals surface area contributed by atoms with Crippen LogP contribution < -0.4 is 4.90 Å². The zero-order valence-corrected chi connectivity index (χ0v) is 19.2. The summed E-state index contributed by atoms with van der Waals surface area (Å²) in [7, 11) is -1.09. The summed E-state index contributed by atoms with van der Waals surface area (Å²) in [5.41, 5.74) is 1.69. The molecule has 2 atom stereocenters. The van der Waals surface area contributed by atoms with E-state index in [0.29, 0.717) is 13.3 Å². The molecule has 1 aliphatic heterocycles. The Labute approximate surface area is 169 Å². The van der Waals surface area contributed by atoms with E-state index in [1.54, 1.807) is 6.20 Å². The van der Waals surface area contributed by atoms with Gasteiger partial charge in [0.15, 0.2) is 5.65 Å². The molecule has 26 heavy (non-hydrogen) atoms. The van der Waals surface area contributed by atoms with Gasteiger partial charge in [-0.05, 0) is 41.0 Å². The Hall–Kier alpha value is -0.743. The summed E-state index contributed by atoms with van der Waals surface area (Å²) >= 11 is 2.28. The third kappa shape index (κ3) is 4.75. The minimum absolute atomic E-state index is 0.118. The fourth-order valence-electron chi connectivity index (χ4n) is 3.02. The minimum atomic E-state index is -1.09. The minimum Gasteiger partial charge on any atom is -0.361 e. The zero-order valence-electron chi connectivity index (χ0n) is 16.0. The Kier molecular flexibility index (Phi) is 6.23. The molecule has 0 amide bonds. The molecule has 0 saturated carbocycles. The molecule has 0 unspecified atom stereocenters. The number of aromatic nitrogens is 3. The average Bonchev–Trinajstić information content (AvgIpc) is 2.89. The summed E-state index contributed by atoms with van der Waals surface area (Å²) in [6.07, 6.45) is 3.83. The Morgan fingerprint density at radius 1 is 1.38 bits per heavy atom. The monoisotopic (exact) mass is 490 g/mol. The van der Waals surface area contributed by atoms with E-state index in [9.17, 15) is 4.39 Å². The highest BCUT2D eigenvalue weighted by Crippen LogP contribution is 2.26. The Bertz CT molecular complexity index is 763. The van der Waals surface area contributed by atoms with E-state index in [-0.39, 0.29) is 5.92 Å². The molecule has 0 aromatic carbocycles. The lowest BCUT2D eigenvalue weighted by atomic mass is 9.97. The van der Waals surface area contributed by atoms with Crippen molar-refractivity contribution in [3.8, 4) is 0 Å². The summed E-state index contributed by atoms with van der Waals surface area (Å²) in [4.78, 5) is 11.4. The van der Waals surface area contributed by atoms with Crippen molar-refractivity contribution in [3.63, 3.8) is 0 Å². The van der Waals surface area contributed by atoms with Crippen LogP contribution in [-0.4, -0.2) is 48.5 Å². The van der Waals surface area contributed by atoms with Crippen LogP contribution in [0.4, 0.5) is 10.2 Å². The molecule has 144 valence electrons. The molecule has 5 nitrogen and oxygen atoms in total. The largest absolute Gasteiger partial charge is 0.361 e. The van der Waals surface area contributed by atoms with Crippen molar-refractivity contribution in [1.29, 1.82) is 0 Å². The molecule has 1 aliphatic rings. The highest BCUT2D eigenvalue weighted by Gasteiger charge is 2.27. The van der Waals surface area contributed by atoms with Gasteiger partial charge in [-0.25, -0.2) is 14.4 Å². The number of halogens is 2. The molecular formula is C18H28FIN4OSi. The molecule has 3 heterocycles. The Morgan fingerprint density at radius 2 is 2.15 bits per heavy atom. The van der Waals surface area contributed by atoms with E-state index < -0.39 is 14.2 Å². The zero-order chi connectivity index (χ0) is 18.9. The van der Waals surface area contributed by atoms with Crippen molar-refractivity contribution in [2.45, 2.75) is 51.9 Å². The fraction of sp³-hybridized carbons (Fsp3) is 0.667. The quantitative estimate of drug-likeness (QED) is 0.339. The van der Waals surface area contributed by atoms with Gasteiger partial charge in [0.1, 0.15) is 24.2 Å². The van der Waals surface area contributed by atoms with Gasteiger partial charge < -0.3 is 14.2 Å². The molecule has 0 radical (unpaired) electrons. The summed E-state index contributed by atoms with van der Waals surface area (Å²) in [6, 6.07) is 1.14. The molecule has 0 spiro atoms. The van der Waals surface area contributed by atoms with E-state index in [0.717, 1.165) is 46.2 Å². The molecule has 0 N–H and O–H groups in total. The number of alkyl halides is 1. The number of piperidine rings is 1. The van der Waals surface area contributed by atoms with Crippen LogP contribution >= 0.6 is 22.6 Å². The van der Waals surface area contributed by atoms with Crippen molar-refractivity contribution < 1.29 is 9.13 Å². The molecular weight excluding hydrogens is 462 g/mol. The maximum absolute atomic E-state index is 14.1. The van der Waals surface area contributed by atoms with Crippen LogP contribution in [0.5, 0.6) is 0 Å². The van der Waals surface area contributed by atoms with Crippen molar-refractivity contribution in [2.75, 3.05) is 24.6 Å². The number of rotatable bonds is 6. The van der Waals surface area contributed by atoms with Gasteiger partial charge in [-0.15, -0.1) is 0 Å². The van der Waals surface area contributed by atoms with Crippen LogP contribution in [0.3, 0.4) is 0 Å². The molecule has 8 heteroatoms. The summed E-state index contributed by atoms with van der Waals surface area (Å²) < 4.78 is 23.1. The Morgan fingerprint density at radius 3 is 2.85 bits per heavy atom. The third-order valence-corrected chi connectivity index (χ3v) is 7.42. The first kappa shape index (κ1) is 20.0. The van der Waals surface area contributed by atoms with E-state index in [1.807, 2.05) is 22.6 Å². The highest BCUT2D eigenvalue weighted by atomic mass is 127. The second-order valence-electron chi connectivity index (χ2n) is 8.42. The van der Waals surface area contributed by atoms with Crippen LogP contribution in [0.1, 0.15) is 13.3 Å². The van der Waals surface area contributed by atoms with Crippen LogP contribution in [0.25, 0.3) is 11.2 Å². The second kappa shape index (κ2) is 8.10. The van der Waals surface area contributed by atoms with Crippen LogP contribution in [-0.2, 0) is 11.5 Å². The number of anilines is 1. The van der Waals surface area contributed by atoms with E-state index in [2.05, 4.69) is 47.2 Å². The van der Waals surface area contributed by atoms with Gasteiger partial charge in [-0.1, -0.05) is 26.6 Å². The SMILES string of the molecule is C[C@H]1CCN(c2cnc3c(I)cn(COCC[Si](C)(C)C)c3n2)C[C@H]1F. The highest BCUT2D eigenvalue weighted by molar-refractivity contribution is 14.1. The van der Waals surface area contributed by atoms with Gasteiger partial charge in [-0.2, -0.15) is 0 Å². The summed E-state index contributed by atoms with van der Waals surface area (Å²) in [6.45, 7) is 11.5. The van der Waals surface area contributed by atoms with Gasteiger partial charge in [0.05, 0.1) is 16.3 Å². The second-order valence-corrected chi connectivity index (χ2v) is 15.2. The Balaban J connectivity index is 1.75. The molecule has 2 aromatic rings. The topological polar surface area (TPSA) is 43.2 Å². The molecule has 0 bridgehead atoms. The van der Waals surface area contributed by atoms with Crippen molar-refractivity contribution in [3.05, 3.63) is 16.0 Å². The fourth-order valence-corrected chi connectivity index (χ4v) is 4.49. The number of fused-ring (bicyclic) bond motifs is 1. The van der Waals surface area contributed by atoms with Crippen molar-refractivity contribution >= 4 is 47.6 Å². The predicted octanol–water partition coefficient (Wildman–Crippen LogP) is 4.53. The van der Waals surface area contributed by atoms with Gasteiger partial charge in [-0.3, -0.25) is 0 Å². The van der Waals surface area contributed by atoms with Crippen molar-refractivity contribution in [1.82, 2.24) is 14.5 Å². The maximum Gasteiger partial charge on any atom is 0.164 e. The number of nitrogens with zero attached hydrogens (tertiary/aromatic N) is 4. The first-order valence-corrected chi connectivity index (χ1v) is 14.0. The van der Waals surface area contributed by atoms with Crippen molar-refractivity contribution in [2.24, 2.45) is 5.92 Å². The molecule has 1 fully saturated rings. The van der Waals surface area contributed by atoms with Crippen LogP contribution in [0, 0.1) is 9.49 Å². The molecule has 2 aromatic heterocycles. The predicted molar refractivity (Wildman–Crippen MR) is 115 cm³/mol. The van der Waals surface area contributed by atoms with E-state index in [1.165, 1.54) is 0 Å². The summed E-state index contributed by atoms with van der Waals surface area (Å²) in [5, 5.41) is 0. The number of hydrogen-bond donors (Lipinski definition) is 0. The van der Waals surface area contributed by atoms with Gasteiger partial charge in [0, 0.05) is 27.4 Å². The third-order valence-electron chi connectivity index (χ3n) is 4.93. The normalized spacial score (nSPS) is 21.5. The average molecular weight is 490 g/mol. The first-order chi connectivity index (χ1) is 12.2. The van der Waals surface area contributed by atoms with E-state index in [4.69, 9.17) is 9.72 Å². The maximum atomic E-state index is 14.1. The molecule has 0 aliphatic carbocycles. The number of ether oxygens (including phenoxy) is 1. The van der Waals surface area contributed by atoms with Crippen LogP contribution in [0.15, 0.2) is 12.4 Å². The van der Waals surface area contributed by atoms with Gasteiger partial charge in [0.25, 0.3) is 0 Å². The molecule has 3 rings (SSSR count). The number of hydrogen-bond acceptors (Lipinski definition) is 4. The summed E-state index contributed by atoms with van der Waals surface area (Å²) in [5.74, 6) is 0.873. The smallest absolute Gasteiger partial charge is 0.164 e. The van der Waals surface area contributed by atoms with E-state index >= 15 is 0 Å².